The van der Waals surface area contributed by atoms with Gasteiger partial charge >= 0.3 is 17.9 Å². The first-order valence-corrected chi connectivity index (χ1v) is 30.7. The summed E-state index contributed by atoms with van der Waals surface area (Å²) in [5, 5.41) is 0. The van der Waals surface area contributed by atoms with Crippen LogP contribution in [0.4, 0.5) is 0 Å². The standard InChI is InChI=1S/C62H118O6/c1-4-7-10-13-16-19-21-22-23-24-25-26-27-28-29-30-31-32-33-34-35-36-37-38-39-40-42-43-46-49-52-55-61(64)67-58-59(57-66-60(63)54-51-48-45-18-15-12-9-6-3)68-62(65)56-53-50-47-44-41-20-17-14-11-8-5-2/h24-25,59H,4-23,26-58H2,1-3H3/b25-24-. The first-order valence-electron chi connectivity index (χ1n) is 30.7. The summed E-state index contributed by atoms with van der Waals surface area (Å²) in [6.07, 6.45) is 66.8. The van der Waals surface area contributed by atoms with Gasteiger partial charge in [-0.2, -0.15) is 0 Å². The minimum Gasteiger partial charge on any atom is -0.462 e. The molecule has 1 unspecified atom stereocenters. The average Bonchev–Trinajstić information content (AvgIpc) is 3.34. The van der Waals surface area contributed by atoms with Crippen molar-refractivity contribution in [3.05, 3.63) is 12.2 Å². The van der Waals surface area contributed by atoms with E-state index in [0.717, 1.165) is 57.8 Å². The molecule has 0 spiro atoms. The van der Waals surface area contributed by atoms with Gasteiger partial charge in [-0.05, 0) is 44.9 Å². The number of carbonyl (C=O) groups excluding carboxylic acids is 3. The van der Waals surface area contributed by atoms with E-state index in [1.807, 2.05) is 0 Å². The highest BCUT2D eigenvalue weighted by atomic mass is 16.6. The van der Waals surface area contributed by atoms with Crippen molar-refractivity contribution in [2.45, 2.75) is 354 Å². The summed E-state index contributed by atoms with van der Waals surface area (Å²) >= 11 is 0. The maximum atomic E-state index is 12.8. The molecule has 0 N–H and O–H groups in total. The van der Waals surface area contributed by atoms with Crippen LogP contribution in [0.3, 0.4) is 0 Å². The Hall–Kier alpha value is -1.85. The average molecular weight is 960 g/mol. The summed E-state index contributed by atoms with van der Waals surface area (Å²) < 4.78 is 16.8. The number of esters is 3. The highest BCUT2D eigenvalue weighted by Gasteiger charge is 2.19. The Balaban J connectivity index is 3.93. The number of ether oxygens (including phenoxy) is 3. The molecule has 0 radical (unpaired) electrons. The van der Waals surface area contributed by atoms with Crippen LogP contribution in [0.25, 0.3) is 0 Å². The third-order valence-electron chi connectivity index (χ3n) is 14.0. The van der Waals surface area contributed by atoms with E-state index in [-0.39, 0.29) is 31.1 Å². The second-order valence-corrected chi connectivity index (χ2v) is 21.0. The zero-order valence-corrected chi connectivity index (χ0v) is 46.2. The van der Waals surface area contributed by atoms with E-state index < -0.39 is 6.10 Å². The largest absolute Gasteiger partial charge is 0.462 e. The lowest BCUT2D eigenvalue weighted by atomic mass is 10.0. The minimum absolute atomic E-state index is 0.0636. The molecule has 0 saturated carbocycles. The van der Waals surface area contributed by atoms with E-state index in [1.54, 1.807) is 0 Å². The molecule has 0 bridgehead atoms. The second kappa shape index (κ2) is 57.7. The van der Waals surface area contributed by atoms with Crippen molar-refractivity contribution in [1.29, 1.82) is 0 Å². The number of carbonyl (C=O) groups is 3. The predicted octanol–water partition coefficient (Wildman–Crippen LogP) is 20.5. The van der Waals surface area contributed by atoms with Crippen LogP contribution in [-0.4, -0.2) is 37.2 Å². The van der Waals surface area contributed by atoms with Crippen LogP contribution in [0.2, 0.25) is 0 Å². The Bertz CT molecular complexity index is 1060. The summed E-state index contributed by atoms with van der Waals surface area (Å²) in [5.41, 5.74) is 0. The Kier molecular flexibility index (Phi) is 56.2. The van der Waals surface area contributed by atoms with Gasteiger partial charge in [0.15, 0.2) is 6.10 Å². The molecule has 68 heavy (non-hydrogen) atoms. The Morgan fingerprint density at radius 3 is 0.735 bits per heavy atom. The van der Waals surface area contributed by atoms with E-state index in [4.69, 9.17) is 14.2 Å². The molecule has 0 heterocycles. The number of unbranched alkanes of at least 4 members (excludes halogenated alkanes) is 44. The molecule has 0 aliphatic heterocycles. The molecule has 0 saturated heterocycles. The predicted molar refractivity (Wildman–Crippen MR) is 293 cm³/mol. The van der Waals surface area contributed by atoms with Gasteiger partial charge < -0.3 is 14.2 Å². The molecule has 0 fully saturated rings. The van der Waals surface area contributed by atoms with Crippen molar-refractivity contribution in [3.8, 4) is 0 Å². The first kappa shape index (κ1) is 66.2. The zero-order valence-electron chi connectivity index (χ0n) is 46.2. The normalized spacial score (nSPS) is 12.0. The van der Waals surface area contributed by atoms with E-state index in [2.05, 4.69) is 32.9 Å². The lowest BCUT2D eigenvalue weighted by molar-refractivity contribution is -0.167. The van der Waals surface area contributed by atoms with Crippen molar-refractivity contribution >= 4 is 17.9 Å². The molecule has 0 rings (SSSR count). The molecular formula is C62H118O6. The summed E-state index contributed by atoms with van der Waals surface area (Å²) in [6.45, 7) is 6.65. The summed E-state index contributed by atoms with van der Waals surface area (Å²) in [4.78, 5) is 37.9. The van der Waals surface area contributed by atoms with Crippen molar-refractivity contribution in [1.82, 2.24) is 0 Å². The van der Waals surface area contributed by atoms with E-state index in [9.17, 15) is 14.4 Å². The SMILES string of the molecule is CCCCCCCCCC/C=C\CCCCCCCCCCCCCCCCCCCCCC(=O)OCC(COC(=O)CCCCCCCCCC)OC(=O)CCCCCCCCCCCCC. The summed E-state index contributed by atoms with van der Waals surface area (Å²) in [7, 11) is 0. The van der Waals surface area contributed by atoms with Crippen molar-refractivity contribution in [2.24, 2.45) is 0 Å². The second-order valence-electron chi connectivity index (χ2n) is 21.0. The summed E-state index contributed by atoms with van der Waals surface area (Å²) in [6, 6.07) is 0. The fraction of sp³-hybridized carbons (Fsp3) is 0.919. The van der Waals surface area contributed by atoms with Crippen LogP contribution < -0.4 is 0 Å². The molecule has 0 aromatic rings. The van der Waals surface area contributed by atoms with E-state index in [1.165, 1.54) is 250 Å². The van der Waals surface area contributed by atoms with Gasteiger partial charge in [0.2, 0.25) is 0 Å². The number of rotatable bonds is 57. The topological polar surface area (TPSA) is 78.9 Å². The smallest absolute Gasteiger partial charge is 0.306 e. The molecule has 0 aliphatic carbocycles. The fourth-order valence-electron chi connectivity index (χ4n) is 9.38. The van der Waals surface area contributed by atoms with Crippen LogP contribution >= 0.6 is 0 Å². The highest BCUT2D eigenvalue weighted by molar-refractivity contribution is 5.71. The summed E-state index contributed by atoms with van der Waals surface area (Å²) in [5.74, 6) is -0.847. The third kappa shape index (κ3) is 55.1. The lowest BCUT2D eigenvalue weighted by Crippen LogP contribution is -2.30. The first-order chi connectivity index (χ1) is 33.5. The fourth-order valence-corrected chi connectivity index (χ4v) is 9.38. The van der Waals surface area contributed by atoms with Crippen LogP contribution in [0.1, 0.15) is 348 Å². The molecule has 1 atom stereocenters. The molecular weight excluding hydrogens is 841 g/mol. The van der Waals surface area contributed by atoms with Crippen molar-refractivity contribution in [3.63, 3.8) is 0 Å². The van der Waals surface area contributed by atoms with Crippen molar-refractivity contribution < 1.29 is 28.6 Å². The Morgan fingerprint density at radius 1 is 0.279 bits per heavy atom. The molecule has 0 aromatic heterocycles. The van der Waals surface area contributed by atoms with Gasteiger partial charge in [-0.1, -0.05) is 296 Å². The number of allylic oxidation sites excluding steroid dienone is 2. The Labute approximate surface area is 424 Å². The maximum Gasteiger partial charge on any atom is 0.306 e. The minimum atomic E-state index is -0.761. The van der Waals surface area contributed by atoms with Gasteiger partial charge in [0.05, 0.1) is 0 Å². The van der Waals surface area contributed by atoms with Gasteiger partial charge in [0.25, 0.3) is 0 Å². The quantitative estimate of drug-likeness (QED) is 0.0262. The van der Waals surface area contributed by atoms with Gasteiger partial charge in [-0.25, -0.2) is 0 Å². The molecule has 6 heteroatoms. The van der Waals surface area contributed by atoms with Gasteiger partial charge in [-0.15, -0.1) is 0 Å². The third-order valence-corrected chi connectivity index (χ3v) is 14.0. The van der Waals surface area contributed by atoms with Gasteiger partial charge in [0, 0.05) is 19.3 Å². The zero-order chi connectivity index (χ0) is 49.3. The van der Waals surface area contributed by atoms with Crippen molar-refractivity contribution in [2.75, 3.05) is 13.2 Å². The van der Waals surface area contributed by atoms with Crippen LogP contribution in [0.5, 0.6) is 0 Å². The van der Waals surface area contributed by atoms with Gasteiger partial charge in [-0.3, -0.25) is 14.4 Å². The molecule has 6 nitrogen and oxygen atoms in total. The molecule has 0 aliphatic rings. The van der Waals surface area contributed by atoms with Crippen LogP contribution in [-0.2, 0) is 28.6 Å². The number of hydrogen-bond acceptors (Lipinski definition) is 6. The monoisotopic (exact) mass is 959 g/mol. The van der Waals surface area contributed by atoms with Gasteiger partial charge in [0.1, 0.15) is 13.2 Å². The lowest BCUT2D eigenvalue weighted by Gasteiger charge is -2.18. The highest BCUT2D eigenvalue weighted by Crippen LogP contribution is 2.18. The molecule has 402 valence electrons. The van der Waals surface area contributed by atoms with Crippen LogP contribution in [0.15, 0.2) is 12.2 Å². The van der Waals surface area contributed by atoms with E-state index in [0.29, 0.717) is 19.3 Å². The van der Waals surface area contributed by atoms with Crippen LogP contribution in [0, 0.1) is 0 Å². The molecule has 0 aromatic carbocycles. The van der Waals surface area contributed by atoms with E-state index >= 15 is 0 Å². The molecule has 0 amide bonds. The Morgan fingerprint density at radius 2 is 0.485 bits per heavy atom. The number of hydrogen-bond donors (Lipinski definition) is 0. The maximum absolute atomic E-state index is 12.8.